The van der Waals surface area contributed by atoms with Gasteiger partial charge in [0.1, 0.15) is 50.1 Å². The highest BCUT2D eigenvalue weighted by atomic mass is 32.1. The van der Waals surface area contributed by atoms with Gasteiger partial charge in [0, 0.05) is 42.4 Å². The van der Waals surface area contributed by atoms with E-state index in [0.717, 1.165) is 22.7 Å². The van der Waals surface area contributed by atoms with Gasteiger partial charge in [-0.1, -0.05) is 0 Å². The molecule has 0 spiro atoms. The Hall–Kier alpha value is -4.34. The zero-order valence-electron chi connectivity index (χ0n) is 27.9. The zero-order chi connectivity index (χ0) is 41.1. The molecule has 0 radical (unpaired) electrons. The Kier molecular flexibility index (Phi) is 11.0. The third-order valence-corrected chi connectivity index (χ3v) is 11.2. The van der Waals surface area contributed by atoms with Crippen LogP contribution in [0.25, 0.3) is 29.6 Å². The number of esters is 4. The number of alkyl halides is 12. The van der Waals surface area contributed by atoms with Gasteiger partial charge >= 0.3 is 48.6 Å². The Balaban J connectivity index is 1.45. The number of fused-ring (bicyclic) bond motifs is 7. The van der Waals surface area contributed by atoms with E-state index in [1.54, 1.807) is 0 Å². The number of carbonyl (C=O) groups is 4. The van der Waals surface area contributed by atoms with Gasteiger partial charge in [0.15, 0.2) is 0 Å². The van der Waals surface area contributed by atoms with Gasteiger partial charge in [-0.05, 0) is 49.9 Å². The van der Waals surface area contributed by atoms with Crippen LogP contribution in [0.3, 0.4) is 0 Å². The number of thiophene rings is 2. The number of hydrogen-bond donors (Lipinski definition) is 0. The van der Waals surface area contributed by atoms with Crippen molar-refractivity contribution in [3.05, 3.63) is 46.5 Å². The number of ether oxygens (including phenoxy) is 4. The van der Waals surface area contributed by atoms with E-state index in [1.165, 1.54) is 24.3 Å². The molecule has 0 N–H and O–H groups in total. The van der Waals surface area contributed by atoms with E-state index in [0.29, 0.717) is 29.6 Å². The topological polar surface area (TPSA) is 105 Å². The minimum Gasteiger partial charge on any atom is -0.457 e. The molecule has 0 bridgehead atoms. The fourth-order valence-electron chi connectivity index (χ4n) is 6.70. The number of hydrogen-bond acceptors (Lipinski definition) is 10. The van der Waals surface area contributed by atoms with E-state index >= 15 is 0 Å². The first-order valence-electron chi connectivity index (χ1n) is 16.3. The molecular weight excluding hydrogens is 828 g/mol. The standard InChI is InChI=1S/C34H24F12O8S2/c35-31(36,37)9-25(47)51-19-1-3-21(53-27(49)11-33(41,42)43)15-7-23-17(5-13(15)19)29-30(55-23)18-6-14-16(8-24(18)56-29)22(54-28(50)12-34(44,45)46)4-2-20(14)52-26(48)10-32(38,39)40/h5-8,19-22H,1-4,9-12H2. The molecule has 2 heterocycles. The highest BCUT2D eigenvalue weighted by Gasteiger charge is 2.41. The van der Waals surface area contributed by atoms with E-state index < -0.39 is 98.7 Å². The fourth-order valence-corrected chi connectivity index (χ4v) is 9.40. The van der Waals surface area contributed by atoms with Crippen LogP contribution in [0.4, 0.5) is 52.7 Å². The molecule has 0 fully saturated rings. The minimum absolute atomic E-state index is 0.0498. The molecule has 0 aliphatic heterocycles. The van der Waals surface area contributed by atoms with Crippen molar-refractivity contribution in [3.63, 3.8) is 0 Å². The maximum absolute atomic E-state index is 13.0. The van der Waals surface area contributed by atoms with Crippen LogP contribution >= 0.6 is 22.7 Å². The predicted octanol–water partition coefficient (Wildman–Crippen LogP) is 11.0. The van der Waals surface area contributed by atoms with E-state index in [9.17, 15) is 71.9 Å². The lowest BCUT2D eigenvalue weighted by atomic mass is 9.86. The zero-order valence-corrected chi connectivity index (χ0v) is 29.5. The molecule has 4 unspecified atom stereocenters. The molecule has 0 saturated heterocycles. The highest BCUT2D eigenvalue weighted by molar-refractivity contribution is 7.36. The van der Waals surface area contributed by atoms with Crippen LogP contribution in [0.5, 0.6) is 0 Å². The van der Waals surface area contributed by atoms with Crippen molar-refractivity contribution in [2.45, 2.75) is 100 Å². The van der Waals surface area contributed by atoms with Gasteiger partial charge in [-0.25, -0.2) is 0 Å². The lowest BCUT2D eigenvalue weighted by Gasteiger charge is -2.31. The summed E-state index contributed by atoms with van der Waals surface area (Å²) >= 11 is 2.17. The Morgan fingerprint density at radius 3 is 0.911 bits per heavy atom. The first kappa shape index (κ1) is 41.3. The monoisotopic (exact) mass is 852 g/mol. The summed E-state index contributed by atoms with van der Waals surface area (Å²) in [5, 5.41) is 0.812. The highest BCUT2D eigenvalue weighted by Crippen LogP contribution is 2.52. The molecule has 304 valence electrons. The summed E-state index contributed by atoms with van der Waals surface area (Å²) in [6.07, 6.45) is -33.6. The number of benzene rings is 2. The van der Waals surface area contributed by atoms with Crippen molar-refractivity contribution in [2.75, 3.05) is 0 Å². The third-order valence-electron chi connectivity index (χ3n) is 8.73. The molecule has 2 aliphatic rings. The average Bonchev–Trinajstić information content (AvgIpc) is 3.53. The third kappa shape index (κ3) is 9.78. The quantitative estimate of drug-likeness (QED) is 0.0980. The van der Waals surface area contributed by atoms with Crippen LogP contribution in [0.1, 0.15) is 98.0 Å². The molecule has 8 nitrogen and oxygen atoms in total. The molecule has 0 amide bonds. The molecular formula is C34H24F12O8S2. The van der Waals surface area contributed by atoms with Crippen molar-refractivity contribution >= 4 is 76.1 Å². The average molecular weight is 853 g/mol. The maximum atomic E-state index is 13.0. The molecule has 4 atom stereocenters. The van der Waals surface area contributed by atoms with Crippen LogP contribution in [0, 0.1) is 0 Å². The van der Waals surface area contributed by atoms with E-state index in [-0.39, 0.29) is 47.9 Å². The van der Waals surface area contributed by atoms with Gasteiger partial charge in [-0.3, -0.25) is 19.2 Å². The lowest BCUT2D eigenvalue weighted by Crippen LogP contribution is -2.26. The van der Waals surface area contributed by atoms with Crippen molar-refractivity contribution in [3.8, 4) is 0 Å². The van der Waals surface area contributed by atoms with Crippen molar-refractivity contribution in [2.24, 2.45) is 0 Å². The molecule has 22 heteroatoms. The Labute approximate surface area is 313 Å². The van der Waals surface area contributed by atoms with Gasteiger partial charge in [0.05, 0.1) is 9.40 Å². The van der Waals surface area contributed by atoms with Crippen molar-refractivity contribution < 1.29 is 90.8 Å². The molecule has 6 rings (SSSR count). The van der Waals surface area contributed by atoms with Crippen LogP contribution < -0.4 is 0 Å². The summed E-state index contributed by atoms with van der Waals surface area (Å²) < 4.78 is 178. The van der Waals surface area contributed by atoms with E-state index in [4.69, 9.17) is 18.9 Å². The number of halogens is 12. The Bertz CT molecular complexity index is 2050. The maximum Gasteiger partial charge on any atom is 0.399 e. The normalized spacial score (nSPS) is 20.4. The molecule has 2 aliphatic carbocycles. The lowest BCUT2D eigenvalue weighted by molar-refractivity contribution is -0.181. The summed E-state index contributed by atoms with van der Waals surface area (Å²) in [6.45, 7) is 0. The largest absolute Gasteiger partial charge is 0.457 e. The van der Waals surface area contributed by atoms with Crippen molar-refractivity contribution in [1.29, 1.82) is 0 Å². The Morgan fingerprint density at radius 1 is 0.446 bits per heavy atom. The Morgan fingerprint density at radius 2 is 0.679 bits per heavy atom. The van der Waals surface area contributed by atoms with Crippen LogP contribution in [0.15, 0.2) is 24.3 Å². The van der Waals surface area contributed by atoms with Gasteiger partial charge in [0.2, 0.25) is 0 Å². The first-order valence-corrected chi connectivity index (χ1v) is 18.0. The first-order chi connectivity index (χ1) is 25.8. The molecule has 0 saturated carbocycles. The van der Waals surface area contributed by atoms with Gasteiger partial charge in [0.25, 0.3) is 0 Å². The number of carbonyl (C=O) groups excluding carboxylic acids is 4. The van der Waals surface area contributed by atoms with Crippen LogP contribution in [0.2, 0.25) is 0 Å². The van der Waals surface area contributed by atoms with Gasteiger partial charge < -0.3 is 18.9 Å². The molecule has 4 aromatic rings. The molecule has 2 aromatic carbocycles. The summed E-state index contributed by atoms with van der Waals surface area (Å²) in [4.78, 5) is 48.8. The second-order valence-electron chi connectivity index (χ2n) is 13.1. The van der Waals surface area contributed by atoms with E-state index in [1.807, 2.05) is 0 Å². The number of rotatable bonds is 8. The SMILES string of the molecule is O=C(CC(F)(F)F)OC1CCC(OC(=O)CC(F)(F)F)c2cc3c(cc21)sc1c2cc4c(cc2sc31)C(OC(=O)CC(F)(F)F)CCC4OC(=O)CC(F)(F)F. The van der Waals surface area contributed by atoms with Crippen molar-refractivity contribution in [1.82, 2.24) is 0 Å². The summed E-state index contributed by atoms with van der Waals surface area (Å²) in [6, 6.07) is 5.72. The smallest absolute Gasteiger partial charge is 0.399 e. The minimum atomic E-state index is -4.92. The van der Waals surface area contributed by atoms with Crippen LogP contribution in [-0.2, 0) is 38.1 Å². The van der Waals surface area contributed by atoms with Gasteiger partial charge in [-0.2, -0.15) is 52.7 Å². The molecule has 56 heavy (non-hydrogen) atoms. The second-order valence-corrected chi connectivity index (χ2v) is 15.2. The second kappa shape index (κ2) is 14.9. The fraction of sp³-hybridized carbons (Fsp3) is 0.471. The van der Waals surface area contributed by atoms with Crippen LogP contribution in [-0.4, -0.2) is 48.6 Å². The predicted molar refractivity (Wildman–Crippen MR) is 171 cm³/mol. The van der Waals surface area contributed by atoms with Gasteiger partial charge in [-0.15, -0.1) is 22.7 Å². The summed E-state index contributed by atoms with van der Waals surface area (Å²) in [5.74, 6) is -6.53. The molecule has 2 aromatic heterocycles. The summed E-state index contributed by atoms with van der Waals surface area (Å²) in [5.41, 5.74) is 0.238. The van der Waals surface area contributed by atoms with E-state index in [2.05, 4.69) is 0 Å². The summed E-state index contributed by atoms with van der Waals surface area (Å²) in [7, 11) is 0.